The van der Waals surface area contributed by atoms with Crippen molar-refractivity contribution in [1.29, 1.82) is 0 Å². The van der Waals surface area contributed by atoms with E-state index in [1.807, 2.05) is 45.0 Å². The molecule has 8 heteroatoms. The number of hydrogen-bond acceptors (Lipinski definition) is 7. The van der Waals surface area contributed by atoms with Crippen LogP contribution in [-0.4, -0.2) is 73.1 Å². The molecule has 8 nitrogen and oxygen atoms in total. The summed E-state index contributed by atoms with van der Waals surface area (Å²) in [5.74, 6) is 0.273. The zero-order valence-corrected chi connectivity index (χ0v) is 22.5. The average Bonchev–Trinajstić information content (AvgIpc) is 3.38. The van der Waals surface area contributed by atoms with E-state index >= 15 is 0 Å². The number of likely N-dealkylation sites (tertiary alicyclic amines) is 1. The Morgan fingerprint density at radius 3 is 2.68 bits per heavy atom. The first-order valence-electron chi connectivity index (χ1n) is 13.0. The largest absolute Gasteiger partial charge is 0.507 e. The van der Waals surface area contributed by atoms with Crippen LogP contribution in [-0.2, 0) is 16.0 Å². The van der Waals surface area contributed by atoms with Gasteiger partial charge in [0.05, 0.1) is 18.2 Å². The lowest BCUT2D eigenvalue weighted by atomic mass is 9.94. The van der Waals surface area contributed by atoms with Crippen LogP contribution in [0.5, 0.6) is 17.2 Å². The molecule has 2 aliphatic heterocycles. The topological polar surface area (TPSA) is 88.5 Å². The van der Waals surface area contributed by atoms with E-state index in [0.29, 0.717) is 55.2 Å². The molecule has 2 aliphatic rings. The number of fused-ring (bicyclic) bond motifs is 1. The predicted octanol–water partition coefficient (Wildman–Crippen LogP) is 4.35. The summed E-state index contributed by atoms with van der Waals surface area (Å²) >= 11 is 0. The molecule has 1 saturated heterocycles. The molecule has 2 atom stereocenters. The van der Waals surface area contributed by atoms with Gasteiger partial charge in [0.1, 0.15) is 24.2 Å². The molecule has 38 heavy (non-hydrogen) atoms. The third-order valence-corrected chi connectivity index (χ3v) is 6.65. The van der Waals surface area contributed by atoms with Crippen molar-refractivity contribution in [2.45, 2.75) is 38.8 Å². The van der Waals surface area contributed by atoms with E-state index < -0.39 is 17.7 Å². The van der Waals surface area contributed by atoms with E-state index in [0.717, 1.165) is 17.9 Å². The lowest BCUT2D eigenvalue weighted by molar-refractivity contribution is -0.139. The second kappa shape index (κ2) is 11.7. The highest BCUT2D eigenvalue weighted by molar-refractivity contribution is 6.46. The van der Waals surface area contributed by atoms with Crippen LogP contribution in [0.15, 0.2) is 54.6 Å². The summed E-state index contributed by atoms with van der Waals surface area (Å²) in [6, 6.07) is 9.94. The van der Waals surface area contributed by atoms with Crippen LogP contribution in [0.1, 0.15) is 43.0 Å². The molecule has 0 spiro atoms. The maximum atomic E-state index is 13.4. The summed E-state index contributed by atoms with van der Waals surface area (Å²) in [5.41, 5.74) is 2.16. The van der Waals surface area contributed by atoms with Gasteiger partial charge in [0.2, 0.25) is 0 Å². The van der Waals surface area contributed by atoms with Crippen LogP contribution in [0.4, 0.5) is 0 Å². The number of amides is 1. The van der Waals surface area contributed by atoms with Crippen molar-refractivity contribution >= 4 is 17.4 Å². The molecular formula is C30H36N2O6. The van der Waals surface area contributed by atoms with Crippen molar-refractivity contribution < 1.29 is 28.9 Å². The van der Waals surface area contributed by atoms with Crippen molar-refractivity contribution in [2.75, 3.05) is 40.4 Å². The molecular weight excluding hydrogens is 484 g/mol. The van der Waals surface area contributed by atoms with Gasteiger partial charge in [0, 0.05) is 18.5 Å². The highest BCUT2D eigenvalue weighted by Gasteiger charge is 2.46. The third-order valence-electron chi connectivity index (χ3n) is 6.65. The summed E-state index contributed by atoms with van der Waals surface area (Å²) in [6.07, 6.45) is 3.07. The van der Waals surface area contributed by atoms with Gasteiger partial charge in [-0.3, -0.25) is 9.59 Å². The maximum Gasteiger partial charge on any atom is 0.295 e. The lowest BCUT2D eigenvalue weighted by Gasteiger charge is -2.26. The highest BCUT2D eigenvalue weighted by Crippen LogP contribution is 2.43. The van der Waals surface area contributed by atoms with Gasteiger partial charge in [-0.15, -0.1) is 0 Å². The van der Waals surface area contributed by atoms with Crippen molar-refractivity contribution in [3.63, 3.8) is 0 Å². The zero-order valence-electron chi connectivity index (χ0n) is 22.5. The van der Waals surface area contributed by atoms with Crippen molar-refractivity contribution in [1.82, 2.24) is 9.80 Å². The maximum absolute atomic E-state index is 13.4. The third kappa shape index (κ3) is 5.55. The Morgan fingerprint density at radius 1 is 1.18 bits per heavy atom. The molecule has 0 bridgehead atoms. The van der Waals surface area contributed by atoms with E-state index in [4.69, 9.17) is 14.2 Å². The number of aliphatic hydroxyl groups excluding tert-OH is 1. The van der Waals surface area contributed by atoms with Gasteiger partial charge >= 0.3 is 0 Å². The Morgan fingerprint density at radius 2 is 1.97 bits per heavy atom. The van der Waals surface area contributed by atoms with Crippen molar-refractivity contribution in [3.8, 4) is 17.2 Å². The molecule has 0 saturated carbocycles. The number of ketones is 1. The Hall–Kier alpha value is -3.78. The smallest absolute Gasteiger partial charge is 0.295 e. The molecule has 2 aromatic carbocycles. The van der Waals surface area contributed by atoms with E-state index in [1.165, 1.54) is 0 Å². The van der Waals surface area contributed by atoms with E-state index in [1.54, 1.807) is 35.2 Å². The first-order valence-corrected chi connectivity index (χ1v) is 13.0. The van der Waals surface area contributed by atoms with Gasteiger partial charge in [0.25, 0.3) is 11.7 Å². The molecule has 2 aromatic rings. The van der Waals surface area contributed by atoms with Crippen LogP contribution in [0, 0.1) is 0 Å². The number of benzene rings is 2. The number of nitrogens with zero attached hydrogens (tertiary/aromatic N) is 2. The van der Waals surface area contributed by atoms with Gasteiger partial charge in [-0.05, 0) is 82.4 Å². The molecule has 0 radical (unpaired) electrons. The normalized spacial score (nSPS) is 20.0. The number of carbonyl (C=O) groups excluding carboxylic acids is 2. The highest BCUT2D eigenvalue weighted by atomic mass is 16.5. The summed E-state index contributed by atoms with van der Waals surface area (Å²) in [7, 11) is 3.92. The summed E-state index contributed by atoms with van der Waals surface area (Å²) < 4.78 is 17.4. The average molecular weight is 521 g/mol. The van der Waals surface area contributed by atoms with Gasteiger partial charge in [-0.1, -0.05) is 18.7 Å². The molecule has 0 aliphatic carbocycles. The van der Waals surface area contributed by atoms with Crippen LogP contribution >= 0.6 is 0 Å². The fraction of sp³-hybridized carbons (Fsp3) is 0.400. The molecule has 202 valence electrons. The van der Waals surface area contributed by atoms with E-state index in [-0.39, 0.29) is 17.4 Å². The molecule has 0 aromatic heterocycles. The van der Waals surface area contributed by atoms with Gasteiger partial charge in [-0.2, -0.15) is 0 Å². The minimum absolute atomic E-state index is 0.0449. The fourth-order valence-electron chi connectivity index (χ4n) is 4.97. The number of hydrogen-bond donors (Lipinski definition) is 1. The van der Waals surface area contributed by atoms with Crippen LogP contribution in [0.3, 0.4) is 0 Å². The second-order valence-corrected chi connectivity index (χ2v) is 9.84. The Balaban J connectivity index is 1.81. The van der Waals surface area contributed by atoms with Gasteiger partial charge in [0.15, 0.2) is 11.5 Å². The van der Waals surface area contributed by atoms with Gasteiger partial charge < -0.3 is 29.1 Å². The molecule has 2 unspecified atom stereocenters. The van der Waals surface area contributed by atoms with Crippen molar-refractivity contribution in [3.05, 3.63) is 71.3 Å². The SMILES string of the molecule is C=CCOc1ccc(C2C(=C(O)c3ccc4c(c3)CC(C)O4)C(=O)C(=O)N2CCCN(C)C)cc1OCC. The number of aliphatic hydroxyl groups is 1. The number of ether oxygens (including phenoxy) is 3. The van der Waals surface area contributed by atoms with E-state index in [9.17, 15) is 14.7 Å². The van der Waals surface area contributed by atoms with Crippen LogP contribution < -0.4 is 14.2 Å². The molecule has 4 rings (SSSR count). The Labute approximate surface area is 224 Å². The van der Waals surface area contributed by atoms with Crippen LogP contribution in [0.2, 0.25) is 0 Å². The lowest BCUT2D eigenvalue weighted by Crippen LogP contribution is -2.32. The van der Waals surface area contributed by atoms with Gasteiger partial charge in [-0.25, -0.2) is 0 Å². The first kappa shape index (κ1) is 27.3. The standard InChI is InChI=1S/C30H36N2O6/c1-6-15-37-24-12-9-20(18-25(24)36-7-2)27-26(29(34)30(35)32(27)14-8-13-31(4)5)28(33)21-10-11-23-22(17-21)16-19(3)38-23/h6,9-12,17-19,27,33H,1,7-8,13-16H2,2-5H3. The van der Waals surface area contributed by atoms with E-state index in [2.05, 4.69) is 6.58 Å². The second-order valence-electron chi connectivity index (χ2n) is 9.84. The first-order chi connectivity index (χ1) is 18.2. The molecule has 1 fully saturated rings. The summed E-state index contributed by atoms with van der Waals surface area (Å²) in [5, 5.41) is 11.5. The fourth-order valence-corrected chi connectivity index (χ4v) is 4.97. The quantitative estimate of drug-likeness (QED) is 0.204. The Bertz CT molecular complexity index is 1250. The monoisotopic (exact) mass is 520 g/mol. The minimum Gasteiger partial charge on any atom is -0.507 e. The summed E-state index contributed by atoms with van der Waals surface area (Å²) in [4.78, 5) is 30.3. The molecule has 2 heterocycles. The molecule has 1 N–H and O–H groups in total. The Kier molecular flexibility index (Phi) is 8.42. The predicted molar refractivity (Wildman–Crippen MR) is 146 cm³/mol. The zero-order chi connectivity index (χ0) is 27.4. The number of carbonyl (C=O) groups is 2. The van der Waals surface area contributed by atoms with Crippen LogP contribution in [0.25, 0.3) is 5.76 Å². The number of Topliss-reactive ketones (excluding diaryl/α,β-unsaturated/α-hetero) is 1. The number of rotatable bonds is 11. The minimum atomic E-state index is -0.770. The van der Waals surface area contributed by atoms with Crippen molar-refractivity contribution in [2.24, 2.45) is 0 Å². The summed E-state index contributed by atoms with van der Waals surface area (Å²) in [6.45, 7) is 9.37. The molecule has 1 amide bonds.